The molecule has 1 aromatic carbocycles. The number of hydrogen-bond donors (Lipinski definition) is 2. The molecule has 7 rings (SSSR count). The van der Waals surface area contributed by atoms with Crippen molar-refractivity contribution in [3.63, 3.8) is 0 Å². The number of pyridine rings is 2. The summed E-state index contributed by atoms with van der Waals surface area (Å²) in [5, 5.41) is 6.40. The van der Waals surface area contributed by atoms with E-state index in [1.54, 1.807) is 12.3 Å². The molecule has 7 nitrogen and oxygen atoms in total. The number of aromatic nitrogens is 5. The summed E-state index contributed by atoms with van der Waals surface area (Å²) in [6, 6.07) is 6.73. The maximum atomic E-state index is 13.9. The Morgan fingerprint density at radius 3 is 2.71 bits per heavy atom. The molecule has 2 N–H and O–H groups in total. The molecule has 2 fully saturated rings. The van der Waals surface area contributed by atoms with E-state index in [-0.39, 0.29) is 5.82 Å². The third kappa shape index (κ3) is 3.05. The number of nitrogens with zero attached hydrogens (tertiary/aromatic N) is 5. The van der Waals surface area contributed by atoms with Crippen LogP contribution in [0, 0.1) is 5.82 Å². The van der Waals surface area contributed by atoms with Gasteiger partial charge in [-0.2, -0.15) is 0 Å². The molecule has 0 amide bonds. The Kier molecular flexibility index (Phi) is 4.48. The molecule has 0 radical (unpaired) electrons. The van der Waals surface area contributed by atoms with Gasteiger partial charge in [0, 0.05) is 60.3 Å². The summed E-state index contributed by atoms with van der Waals surface area (Å²) < 4.78 is 13.9. The van der Waals surface area contributed by atoms with Gasteiger partial charge < -0.3 is 15.2 Å². The van der Waals surface area contributed by atoms with Crippen LogP contribution in [0.1, 0.15) is 30.7 Å². The van der Waals surface area contributed by atoms with Gasteiger partial charge in [-0.25, -0.2) is 19.3 Å². The zero-order chi connectivity index (χ0) is 22.6. The zero-order valence-corrected chi connectivity index (χ0v) is 18.7. The van der Waals surface area contributed by atoms with E-state index < -0.39 is 0 Å². The largest absolute Gasteiger partial charge is 0.353 e. The monoisotopic (exact) mass is 453 g/mol. The molecule has 0 atom stereocenters. The Morgan fingerprint density at radius 1 is 1.00 bits per heavy atom. The van der Waals surface area contributed by atoms with Crippen LogP contribution in [-0.4, -0.2) is 51.1 Å². The Hall–Kier alpha value is -3.65. The maximum Gasteiger partial charge on any atom is 0.163 e. The summed E-state index contributed by atoms with van der Waals surface area (Å²) >= 11 is 0. The van der Waals surface area contributed by atoms with Gasteiger partial charge in [0.25, 0.3) is 0 Å². The summed E-state index contributed by atoms with van der Waals surface area (Å²) in [6.07, 6.45) is 9.28. The normalized spacial score (nSPS) is 17.0. The number of H-pyrrole nitrogens is 1. The molecule has 1 aliphatic heterocycles. The Bertz CT molecular complexity index is 1550. The molecule has 1 saturated carbocycles. The maximum absolute atomic E-state index is 13.9. The number of hydrogen-bond acceptors (Lipinski definition) is 6. The molecular weight excluding hydrogens is 429 g/mol. The van der Waals surface area contributed by atoms with Gasteiger partial charge in [-0.1, -0.05) is 6.42 Å². The van der Waals surface area contributed by atoms with Crippen LogP contribution in [0.15, 0.2) is 42.9 Å². The molecule has 0 spiro atoms. The third-order valence-corrected chi connectivity index (χ3v) is 7.27. The second kappa shape index (κ2) is 7.70. The van der Waals surface area contributed by atoms with E-state index >= 15 is 0 Å². The van der Waals surface area contributed by atoms with Gasteiger partial charge in [0.1, 0.15) is 17.3 Å². The van der Waals surface area contributed by atoms with Crippen LogP contribution in [0.4, 0.5) is 10.2 Å². The predicted octanol–water partition coefficient (Wildman–Crippen LogP) is 4.54. The lowest BCUT2D eigenvalue weighted by atomic mass is 9.79. The average molecular weight is 454 g/mol. The summed E-state index contributed by atoms with van der Waals surface area (Å²) in [4.78, 5) is 24.9. The van der Waals surface area contributed by atoms with Crippen LogP contribution < -0.4 is 10.2 Å². The van der Waals surface area contributed by atoms with E-state index in [1.807, 2.05) is 18.5 Å². The SMILES string of the molecule is Fc1ccc2c(c1)[nH]c1nccc(-c3nc(N4CCNCC4)c4c(C5CCC5)cncc4n3)c12. The van der Waals surface area contributed by atoms with Crippen molar-refractivity contribution < 1.29 is 4.39 Å². The van der Waals surface area contributed by atoms with E-state index in [0.29, 0.717) is 22.9 Å². The van der Waals surface area contributed by atoms with Crippen molar-refractivity contribution in [2.75, 3.05) is 31.1 Å². The first-order chi connectivity index (χ1) is 16.8. The molecule has 5 aromatic rings. The molecule has 170 valence electrons. The van der Waals surface area contributed by atoms with Crippen LogP contribution in [0.25, 0.3) is 44.2 Å². The Labute approximate surface area is 195 Å². The lowest BCUT2D eigenvalue weighted by Crippen LogP contribution is -2.44. The van der Waals surface area contributed by atoms with E-state index in [2.05, 4.69) is 25.2 Å². The van der Waals surface area contributed by atoms with E-state index in [1.165, 1.54) is 37.0 Å². The van der Waals surface area contributed by atoms with Crippen molar-refractivity contribution in [2.24, 2.45) is 0 Å². The summed E-state index contributed by atoms with van der Waals surface area (Å²) in [5.41, 5.74) is 4.44. The van der Waals surface area contributed by atoms with Gasteiger partial charge in [0.2, 0.25) is 0 Å². The molecule has 5 heterocycles. The van der Waals surface area contributed by atoms with Crippen molar-refractivity contribution in [2.45, 2.75) is 25.2 Å². The third-order valence-electron chi connectivity index (χ3n) is 7.27. The first-order valence-corrected chi connectivity index (χ1v) is 11.9. The van der Waals surface area contributed by atoms with Gasteiger partial charge in [0.05, 0.1) is 17.2 Å². The smallest absolute Gasteiger partial charge is 0.163 e. The number of fused-ring (bicyclic) bond motifs is 4. The van der Waals surface area contributed by atoms with Gasteiger partial charge in [-0.15, -0.1) is 0 Å². The molecule has 0 unspecified atom stereocenters. The van der Waals surface area contributed by atoms with E-state index in [9.17, 15) is 4.39 Å². The molecule has 8 heteroatoms. The number of benzene rings is 1. The number of nitrogens with one attached hydrogen (secondary N) is 2. The van der Waals surface area contributed by atoms with E-state index in [0.717, 1.165) is 59.2 Å². The minimum Gasteiger partial charge on any atom is -0.353 e. The molecule has 1 aliphatic carbocycles. The molecule has 2 aliphatic rings. The van der Waals surface area contributed by atoms with Crippen LogP contribution in [0.3, 0.4) is 0 Å². The minimum atomic E-state index is -0.279. The molecule has 34 heavy (non-hydrogen) atoms. The van der Waals surface area contributed by atoms with Crippen molar-refractivity contribution in [3.8, 4) is 11.4 Å². The van der Waals surface area contributed by atoms with Crippen LogP contribution >= 0.6 is 0 Å². The lowest BCUT2D eigenvalue weighted by molar-refractivity contribution is 0.421. The topological polar surface area (TPSA) is 82.6 Å². The molecule has 1 saturated heterocycles. The number of halogens is 1. The summed E-state index contributed by atoms with van der Waals surface area (Å²) in [6.45, 7) is 3.66. The fourth-order valence-corrected chi connectivity index (χ4v) is 5.32. The van der Waals surface area contributed by atoms with Crippen molar-refractivity contribution in [3.05, 3.63) is 54.2 Å². The average Bonchev–Trinajstić information content (AvgIpc) is 3.20. The highest BCUT2D eigenvalue weighted by molar-refractivity contribution is 6.12. The summed E-state index contributed by atoms with van der Waals surface area (Å²) in [5.74, 6) is 1.88. The van der Waals surface area contributed by atoms with Crippen LogP contribution in [0.2, 0.25) is 0 Å². The fourth-order valence-electron chi connectivity index (χ4n) is 5.32. The van der Waals surface area contributed by atoms with Gasteiger partial charge in [0.15, 0.2) is 5.82 Å². The molecular formula is C26H24FN7. The van der Waals surface area contributed by atoms with Gasteiger partial charge in [-0.3, -0.25) is 4.98 Å². The first kappa shape index (κ1) is 19.8. The first-order valence-electron chi connectivity index (χ1n) is 11.9. The van der Waals surface area contributed by atoms with Crippen molar-refractivity contribution in [1.29, 1.82) is 0 Å². The lowest BCUT2D eigenvalue weighted by Gasteiger charge is -2.32. The number of piperazine rings is 1. The Morgan fingerprint density at radius 2 is 1.88 bits per heavy atom. The van der Waals surface area contributed by atoms with Gasteiger partial charge >= 0.3 is 0 Å². The van der Waals surface area contributed by atoms with Crippen molar-refractivity contribution >= 4 is 38.7 Å². The summed E-state index contributed by atoms with van der Waals surface area (Å²) in [7, 11) is 0. The minimum absolute atomic E-state index is 0.279. The van der Waals surface area contributed by atoms with Crippen LogP contribution in [0.5, 0.6) is 0 Å². The number of aromatic amines is 1. The highest BCUT2D eigenvalue weighted by Crippen LogP contribution is 2.42. The number of anilines is 1. The highest BCUT2D eigenvalue weighted by atomic mass is 19.1. The molecule has 4 aromatic heterocycles. The second-order valence-electron chi connectivity index (χ2n) is 9.26. The van der Waals surface area contributed by atoms with Crippen LogP contribution in [-0.2, 0) is 0 Å². The Balaban J connectivity index is 1.50. The zero-order valence-electron chi connectivity index (χ0n) is 18.7. The van der Waals surface area contributed by atoms with Gasteiger partial charge in [-0.05, 0) is 48.6 Å². The predicted molar refractivity (Wildman–Crippen MR) is 132 cm³/mol. The van der Waals surface area contributed by atoms with Crippen molar-refractivity contribution in [1.82, 2.24) is 30.2 Å². The van der Waals surface area contributed by atoms with E-state index in [4.69, 9.17) is 9.97 Å². The standard InChI is InChI=1S/C26H24FN7/c27-16-4-5-17-20(12-16)31-25-22(17)18(6-7-30-25)24-32-21-14-29-13-19(15-2-1-3-15)23(21)26(33-24)34-10-8-28-9-11-34/h4-7,12-15,28H,1-3,8-11H2,(H,30,31). The fraction of sp³-hybridized carbons (Fsp3) is 0.308. The number of rotatable bonds is 3. The highest BCUT2D eigenvalue weighted by Gasteiger charge is 2.27. The molecule has 0 bridgehead atoms. The quantitative estimate of drug-likeness (QED) is 0.417. The second-order valence-corrected chi connectivity index (χ2v) is 9.26.